The number of thiophene rings is 1. The molecule has 4 nitrogen and oxygen atoms in total. The molecule has 25 heavy (non-hydrogen) atoms. The first kappa shape index (κ1) is 16.7. The Balaban J connectivity index is 1.48. The van der Waals surface area contributed by atoms with Gasteiger partial charge in [-0.2, -0.15) is 0 Å². The Hall–Kier alpha value is -1.75. The lowest BCUT2D eigenvalue weighted by molar-refractivity contribution is 0.0600. The third-order valence-electron chi connectivity index (χ3n) is 5.36. The van der Waals surface area contributed by atoms with Crippen LogP contribution in [-0.2, 0) is 6.42 Å². The number of piperidine rings is 1. The summed E-state index contributed by atoms with van der Waals surface area (Å²) >= 11 is 1.81. The van der Waals surface area contributed by atoms with Crippen molar-refractivity contribution in [1.82, 2.24) is 14.9 Å². The van der Waals surface area contributed by atoms with Crippen LogP contribution in [0.15, 0.2) is 23.7 Å². The van der Waals surface area contributed by atoms with Gasteiger partial charge in [-0.3, -0.25) is 4.79 Å². The average molecular weight is 356 g/mol. The Morgan fingerprint density at radius 1 is 1.32 bits per heavy atom. The number of amides is 1. The zero-order valence-electron chi connectivity index (χ0n) is 14.8. The van der Waals surface area contributed by atoms with Gasteiger partial charge in [-0.05, 0) is 63.3 Å². The third-order valence-corrected chi connectivity index (χ3v) is 6.30. The van der Waals surface area contributed by atoms with Gasteiger partial charge in [0, 0.05) is 29.6 Å². The molecule has 1 saturated carbocycles. The Morgan fingerprint density at radius 3 is 2.92 bits per heavy atom. The second kappa shape index (κ2) is 7.24. The van der Waals surface area contributed by atoms with Crippen LogP contribution in [0.4, 0.5) is 0 Å². The predicted octanol–water partition coefficient (Wildman–Crippen LogP) is 4.35. The van der Waals surface area contributed by atoms with Crippen LogP contribution in [0.5, 0.6) is 0 Å². The van der Waals surface area contributed by atoms with Crippen molar-refractivity contribution in [3.05, 3.63) is 45.7 Å². The average Bonchev–Trinajstić information content (AvgIpc) is 3.36. The van der Waals surface area contributed by atoms with Crippen molar-refractivity contribution in [2.75, 3.05) is 6.54 Å². The molecule has 0 N–H and O–H groups in total. The summed E-state index contributed by atoms with van der Waals surface area (Å²) in [5, 5.41) is 2.13. The second-order valence-corrected chi connectivity index (χ2v) is 8.30. The standard InChI is InChI=1S/C20H25N3OS/c1-14-18(13-21-19(22-14)15-7-8-15)20(24)23-11-3-2-5-16(23)9-10-17-6-4-12-25-17/h4,6,12-13,15-16H,2-3,5,7-11H2,1H3. The summed E-state index contributed by atoms with van der Waals surface area (Å²) in [6.45, 7) is 2.81. The molecule has 3 heterocycles. The summed E-state index contributed by atoms with van der Waals surface area (Å²) < 4.78 is 0. The molecule has 1 aliphatic carbocycles. The fourth-order valence-corrected chi connectivity index (χ4v) is 4.44. The molecule has 0 bridgehead atoms. The molecule has 5 heteroatoms. The second-order valence-electron chi connectivity index (χ2n) is 7.27. The molecule has 2 aromatic heterocycles. The van der Waals surface area contributed by atoms with Crippen LogP contribution in [0.25, 0.3) is 0 Å². The molecule has 1 unspecified atom stereocenters. The van der Waals surface area contributed by atoms with Crippen molar-refractivity contribution in [2.45, 2.75) is 63.8 Å². The van der Waals surface area contributed by atoms with Crippen LogP contribution < -0.4 is 0 Å². The topological polar surface area (TPSA) is 46.1 Å². The van der Waals surface area contributed by atoms with E-state index in [2.05, 4.69) is 32.4 Å². The quantitative estimate of drug-likeness (QED) is 0.801. The lowest BCUT2D eigenvalue weighted by Gasteiger charge is -2.36. The highest BCUT2D eigenvalue weighted by Gasteiger charge is 2.30. The molecule has 132 valence electrons. The van der Waals surface area contributed by atoms with E-state index >= 15 is 0 Å². The number of aromatic nitrogens is 2. The Bertz CT molecular complexity index is 739. The Morgan fingerprint density at radius 2 is 2.20 bits per heavy atom. The van der Waals surface area contributed by atoms with Gasteiger partial charge in [0.2, 0.25) is 0 Å². The minimum Gasteiger partial charge on any atom is -0.336 e. The molecule has 1 amide bonds. The van der Waals surface area contributed by atoms with Crippen LogP contribution >= 0.6 is 11.3 Å². The first-order valence-corrected chi connectivity index (χ1v) is 10.3. The fourth-order valence-electron chi connectivity index (χ4n) is 3.72. The van der Waals surface area contributed by atoms with Crippen molar-refractivity contribution < 1.29 is 4.79 Å². The highest BCUT2D eigenvalue weighted by molar-refractivity contribution is 7.09. The minimum atomic E-state index is 0.121. The van der Waals surface area contributed by atoms with Gasteiger partial charge >= 0.3 is 0 Å². The molecule has 1 saturated heterocycles. The van der Waals surface area contributed by atoms with E-state index in [9.17, 15) is 4.79 Å². The minimum absolute atomic E-state index is 0.121. The van der Waals surface area contributed by atoms with Gasteiger partial charge in [-0.15, -0.1) is 11.3 Å². The van der Waals surface area contributed by atoms with Gasteiger partial charge in [0.1, 0.15) is 5.82 Å². The van der Waals surface area contributed by atoms with Gasteiger partial charge in [0.25, 0.3) is 5.91 Å². The smallest absolute Gasteiger partial charge is 0.257 e. The maximum Gasteiger partial charge on any atom is 0.257 e. The maximum absolute atomic E-state index is 13.1. The summed E-state index contributed by atoms with van der Waals surface area (Å²) in [5.41, 5.74) is 1.52. The maximum atomic E-state index is 13.1. The summed E-state index contributed by atoms with van der Waals surface area (Å²) in [5.74, 6) is 1.56. The molecule has 0 spiro atoms. The monoisotopic (exact) mass is 355 g/mol. The highest BCUT2D eigenvalue weighted by Crippen LogP contribution is 2.38. The summed E-state index contributed by atoms with van der Waals surface area (Å²) in [6, 6.07) is 4.63. The van der Waals surface area contributed by atoms with Crippen LogP contribution in [-0.4, -0.2) is 33.4 Å². The van der Waals surface area contributed by atoms with Gasteiger partial charge in [-0.25, -0.2) is 9.97 Å². The van der Waals surface area contributed by atoms with Crippen LogP contribution in [0.1, 0.15) is 71.2 Å². The number of carbonyl (C=O) groups is 1. The van der Waals surface area contributed by atoms with E-state index in [-0.39, 0.29) is 5.91 Å². The Labute approximate surface area is 153 Å². The van der Waals surface area contributed by atoms with E-state index in [0.29, 0.717) is 17.5 Å². The summed E-state index contributed by atoms with van der Waals surface area (Å²) in [6.07, 6.45) is 9.67. The van der Waals surface area contributed by atoms with Gasteiger partial charge < -0.3 is 4.90 Å². The van der Waals surface area contributed by atoms with E-state index in [0.717, 1.165) is 43.7 Å². The largest absolute Gasteiger partial charge is 0.336 e. The van der Waals surface area contributed by atoms with Crippen molar-refractivity contribution in [3.8, 4) is 0 Å². The van der Waals surface area contributed by atoms with Gasteiger partial charge in [0.15, 0.2) is 0 Å². The molecular formula is C20H25N3OS. The molecule has 1 atom stereocenters. The number of carbonyl (C=O) groups excluding carboxylic acids is 1. The number of hydrogen-bond acceptors (Lipinski definition) is 4. The number of nitrogens with zero attached hydrogens (tertiary/aromatic N) is 3. The zero-order chi connectivity index (χ0) is 17.2. The normalized spacial score (nSPS) is 20.7. The predicted molar refractivity (Wildman–Crippen MR) is 100 cm³/mol. The lowest BCUT2D eigenvalue weighted by atomic mass is 9.96. The number of hydrogen-bond donors (Lipinski definition) is 0. The lowest BCUT2D eigenvalue weighted by Crippen LogP contribution is -2.44. The molecule has 2 fully saturated rings. The highest BCUT2D eigenvalue weighted by atomic mass is 32.1. The Kier molecular flexibility index (Phi) is 4.84. The van der Waals surface area contributed by atoms with Crippen LogP contribution in [0.2, 0.25) is 0 Å². The molecule has 0 aromatic carbocycles. The van der Waals surface area contributed by atoms with Crippen molar-refractivity contribution in [1.29, 1.82) is 0 Å². The van der Waals surface area contributed by atoms with E-state index in [1.807, 2.05) is 6.92 Å². The van der Waals surface area contributed by atoms with Crippen LogP contribution in [0, 0.1) is 6.92 Å². The van der Waals surface area contributed by atoms with Crippen molar-refractivity contribution in [3.63, 3.8) is 0 Å². The first-order chi connectivity index (χ1) is 12.2. The molecule has 1 aliphatic heterocycles. The van der Waals surface area contributed by atoms with E-state index in [1.54, 1.807) is 17.5 Å². The summed E-state index contributed by atoms with van der Waals surface area (Å²) in [7, 11) is 0. The zero-order valence-corrected chi connectivity index (χ0v) is 15.6. The number of rotatable bonds is 5. The van der Waals surface area contributed by atoms with Crippen molar-refractivity contribution in [2.24, 2.45) is 0 Å². The third kappa shape index (κ3) is 3.76. The molecule has 0 radical (unpaired) electrons. The van der Waals surface area contributed by atoms with E-state index < -0.39 is 0 Å². The molecule has 4 rings (SSSR count). The van der Waals surface area contributed by atoms with Gasteiger partial charge in [-0.1, -0.05) is 6.07 Å². The molecule has 2 aliphatic rings. The first-order valence-electron chi connectivity index (χ1n) is 9.39. The number of likely N-dealkylation sites (tertiary alicyclic amines) is 1. The van der Waals surface area contributed by atoms with Crippen molar-refractivity contribution >= 4 is 17.2 Å². The van der Waals surface area contributed by atoms with E-state index in [4.69, 9.17) is 0 Å². The van der Waals surface area contributed by atoms with E-state index in [1.165, 1.54) is 24.1 Å². The fraction of sp³-hybridized carbons (Fsp3) is 0.550. The summed E-state index contributed by atoms with van der Waals surface area (Å²) in [4.78, 5) is 25.7. The molecule has 2 aromatic rings. The molecular weight excluding hydrogens is 330 g/mol. The number of aryl methyl sites for hydroxylation is 2. The SMILES string of the molecule is Cc1nc(C2CC2)ncc1C(=O)N1CCCCC1CCc1cccs1. The van der Waals surface area contributed by atoms with Gasteiger partial charge in [0.05, 0.1) is 11.3 Å². The van der Waals surface area contributed by atoms with Crippen LogP contribution in [0.3, 0.4) is 0 Å².